The molecule has 0 spiro atoms. The Morgan fingerprint density at radius 1 is 1.40 bits per heavy atom. The second-order valence-corrected chi connectivity index (χ2v) is 6.20. The van der Waals surface area contributed by atoms with Gasteiger partial charge in [-0.05, 0) is 59.3 Å². The molecule has 20 heavy (non-hydrogen) atoms. The van der Waals surface area contributed by atoms with Crippen LogP contribution in [0.5, 0.6) is 11.5 Å². The quantitative estimate of drug-likeness (QED) is 0.767. The van der Waals surface area contributed by atoms with Gasteiger partial charge in [-0.2, -0.15) is 0 Å². The first-order valence-corrected chi connectivity index (χ1v) is 7.92. The third kappa shape index (κ3) is 3.27. The molecule has 0 aromatic heterocycles. The van der Waals surface area contributed by atoms with Crippen LogP contribution in [0.15, 0.2) is 16.6 Å². The Kier molecular flexibility index (Phi) is 5.29. The lowest BCUT2D eigenvalue weighted by Crippen LogP contribution is -2.32. The molecule has 0 aliphatic heterocycles. The number of hydrogen-bond donors (Lipinski definition) is 3. The van der Waals surface area contributed by atoms with E-state index in [-0.39, 0.29) is 11.7 Å². The van der Waals surface area contributed by atoms with Crippen molar-refractivity contribution in [2.45, 2.75) is 44.8 Å². The van der Waals surface area contributed by atoms with Crippen molar-refractivity contribution in [1.82, 2.24) is 0 Å². The molecule has 1 fully saturated rings. The fourth-order valence-electron chi connectivity index (χ4n) is 2.84. The molecule has 2 rings (SSSR count). The lowest BCUT2D eigenvalue weighted by molar-refractivity contribution is 0.0843. The Labute approximate surface area is 128 Å². The molecule has 1 aliphatic rings. The van der Waals surface area contributed by atoms with E-state index in [1.54, 1.807) is 12.1 Å². The number of ether oxygens (including phenoxy) is 1. The van der Waals surface area contributed by atoms with Crippen LogP contribution in [0.25, 0.3) is 0 Å². The highest BCUT2D eigenvalue weighted by Gasteiger charge is 2.29. The van der Waals surface area contributed by atoms with E-state index in [9.17, 15) is 10.2 Å². The van der Waals surface area contributed by atoms with Crippen molar-refractivity contribution in [2.24, 2.45) is 11.7 Å². The SMILES string of the molecule is CCOc1cc([C@H](N)[C@H](O)C2CCCC2)cc(Br)c1O. The van der Waals surface area contributed by atoms with Gasteiger partial charge in [-0.1, -0.05) is 12.8 Å². The molecule has 0 radical (unpaired) electrons. The summed E-state index contributed by atoms with van der Waals surface area (Å²) in [6, 6.07) is 3.00. The molecule has 2 atom stereocenters. The summed E-state index contributed by atoms with van der Waals surface area (Å²) < 4.78 is 5.93. The minimum atomic E-state index is -0.552. The normalized spacial score (nSPS) is 19.0. The summed E-state index contributed by atoms with van der Waals surface area (Å²) in [5.74, 6) is 0.734. The Morgan fingerprint density at radius 2 is 2.05 bits per heavy atom. The molecule has 0 unspecified atom stereocenters. The maximum atomic E-state index is 10.4. The van der Waals surface area contributed by atoms with E-state index in [1.165, 1.54) is 0 Å². The molecule has 0 heterocycles. The zero-order valence-corrected chi connectivity index (χ0v) is 13.3. The highest BCUT2D eigenvalue weighted by molar-refractivity contribution is 9.10. The highest BCUT2D eigenvalue weighted by atomic mass is 79.9. The van der Waals surface area contributed by atoms with E-state index in [0.717, 1.165) is 31.2 Å². The number of phenols is 1. The number of halogens is 1. The first-order chi connectivity index (χ1) is 9.54. The van der Waals surface area contributed by atoms with Crippen molar-refractivity contribution in [3.8, 4) is 11.5 Å². The van der Waals surface area contributed by atoms with Crippen molar-refractivity contribution in [1.29, 1.82) is 0 Å². The molecule has 1 aliphatic carbocycles. The number of benzene rings is 1. The van der Waals surface area contributed by atoms with Crippen LogP contribution in [-0.2, 0) is 0 Å². The average molecular weight is 344 g/mol. The number of aliphatic hydroxyl groups excluding tert-OH is 1. The summed E-state index contributed by atoms with van der Waals surface area (Å²) in [6.07, 6.45) is 3.85. The summed E-state index contributed by atoms with van der Waals surface area (Å²) in [7, 11) is 0. The molecule has 0 bridgehead atoms. The van der Waals surface area contributed by atoms with Crippen LogP contribution in [0.3, 0.4) is 0 Å². The number of nitrogens with two attached hydrogens (primary N) is 1. The van der Waals surface area contributed by atoms with Crippen molar-refractivity contribution in [3.63, 3.8) is 0 Å². The fourth-order valence-corrected chi connectivity index (χ4v) is 3.30. The molecule has 112 valence electrons. The second-order valence-electron chi connectivity index (χ2n) is 5.34. The predicted molar refractivity (Wildman–Crippen MR) is 81.9 cm³/mol. The maximum absolute atomic E-state index is 10.4. The van der Waals surface area contributed by atoms with Gasteiger partial charge < -0.3 is 20.7 Å². The number of phenolic OH excluding ortho intramolecular Hbond substituents is 1. The lowest BCUT2D eigenvalue weighted by Gasteiger charge is -2.25. The van der Waals surface area contributed by atoms with Gasteiger partial charge >= 0.3 is 0 Å². The average Bonchev–Trinajstić information content (AvgIpc) is 2.96. The van der Waals surface area contributed by atoms with Gasteiger partial charge in [0, 0.05) is 0 Å². The van der Waals surface area contributed by atoms with Gasteiger partial charge in [0.15, 0.2) is 11.5 Å². The second kappa shape index (κ2) is 6.78. The van der Waals surface area contributed by atoms with Gasteiger partial charge in [0.1, 0.15) is 0 Å². The topological polar surface area (TPSA) is 75.7 Å². The van der Waals surface area contributed by atoms with Crippen molar-refractivity contribution in [3.05, 3.63) is 22.2 Å². The number of hydrogen-bond acceptors (Lipinski definition) is 4. The summed E-state index contributed by atoms with van der Waals surface area (Å²) in [4.78, 5) is 0. The minimum Gasteiger partial charge on any atom is -0.503 e. The Bertz CT molecular complexity index is 461. The van der Waals surface area contributed by atoms with Crippen LogP contribution in [0.1, 0.15) is 44.2 Å². The van der Waals surface area contributed by atoms with Crippen molar-refractivity contribution >= 4 is 15.9 Å². The maximum Gasteiger partial charge on any atom is 0.172 e. The summed E-state index contributed by atoms with van der Waals surface area (Å²) >= 11 is 3.30. The van der Waals surface area contributed by atoms with Gasteiger partial charge in [-0.3, -0.25) is 0 Å². The molecule has 4 N–H and O–H groups in total. The van der Waals surface area contributed by atoms with Crippen LogP contribution < -0.4 is 10.5 Å². The summed E-state index contributed by atoms with van der Waals surface area (Å²) in [5, 5.41) is 20.3. The zero-order valence-electron chi connectivity index (χ0n) is 11.7. The van der Waals surface area contributed by atoms with Crippen molar-refractivity contribution in [2.75, 3.05) is 6.61 Å². The van der Waals surface area contributed by atoms with Gasteiger partial charge in [-0.15, -0.1) is 0 Å². The largest absolute Gasteiger partial charge is 0.503 e. The van der Waals surface area contributed by atoms with Crippen molar-refractivity contribution < 1.29 is 14.9 Å². The molecule has 0 amide bonds. The third-order valence-electron chi connectivity index (χ3n) is 3.99. The molecule has 0 saturated heterocycles. The van der Waals surface area contributed by atoms with Crippen LogP contribution >= 0.6 is 15.9 Å². The van der Waals surface area contributed by atoms with Crippen LogP contribution in [0.4, 0.5) is 0 Å². The van der Waals surface area contributed by atoms with Gasteiger partial charge in [0.05, 0.1) is 23.2 Å². The summed E-state index contributed by atoms with van der Waals surface area (Å²) in [6.45, 7) is 2.32. The van der Waals surface area contributed by atoms with Gasteiger partial charge in [-0.25, -0.2) is 0 Å². The smallest absolute Gasteiger partial charge is 0.172 e. The summed E-state index contributed by atoms with van der Waals surface area (Å²) in [5.41, 5.74) is 6.97. The molecular formula is C15H22BrNO3. The minimum absolute atomic E-state index is 0.0677. The standard InChI is InChI=1S/C15H22BrNO3/c1-2-20-12-8-10(7-11(16)15(12)19)13(17)14(18)9-5-3-4-6-9/h7-9,13-14,18-19H,2-6,17H2,1H3/t13-,14+/m0/s1. The van der Waals surface area contributed by atoms with Crippen LogP contribution in [-0.4, -0.2) is 22.9 Å². The first kappa shape index (κ1) is 15.6. The lowest BCUT2D eigenvalue weighted by atomic mass is 9.91. The molecule has 1 aromatic rings. The van der Waals surface area contributed by atoms with E-state index in [2.05, 4.69) is 15.9 Å². The van der Waals surface area contributed by atoms with E-state index in [0.29, 0.717) is 16.8 Å². The molecular weight excluding hydrogens is 322 g/mol. The molecule has 4 nitrogen and oxygen atoms in total. The van der Waals surface area contributed by atoms with Crippen LogP contribution in [0.2, 0.25) is 0 Å². The van der Waals surface area contributed by atoms with Gasteiger partial charge in [0.2, 0.25) is 0 Å². The third-order valence-corrected chi connectivity index (χ3v) is 4.59. The van der Waals surface area contributed by atoms with E-state index in [1.807, 2.05) is 6.92 Å². The highest BCUT2D eigenvalue weighted by Crippen LogP contribution is 2.39. The number of rotatable bonds is 5. The zero-order chi connectivity index (χ0) is 14.7. The Morgan fingerprint density at radius 3 is 2.65 bits per heavy atom. The molecule has 5 heteroatoms. The number of aliphatic hydroxyl groups is 1. The molecule has 1 aromatic carbocycles. The monoisotopic (exact) mass is 343 g/mol. The van der Waals surface area contributed by atoms with Crippen LogP contribution in [0, 0.1) is 5.92 Å². The number of aromatic hydroxyl groups is 1. The fraction of sp³-hybridized carbons (Fsp3) is 0.600. The van der Waals surface area contributed by atoms with E-state index < -0.39 is 12.1 Å². The first-order valence-electron chi connectivity index (χ1n) is 7.13. The van der Waals surface area contributed by atoms with E-state index >= 15 is 0 Å². The Hall–Kier alpha value is -0.780. The Balaban J connectivity index is 2.22. The predicted octanol–water partition coefficient (Wildman–Crippen LogP) is 3.10. The molecule has 1 saturated carbocycles. The van der Waals surface area contributed by atoms with Gasteiger partial charge in [0.25, 0.3) is 0 Å². The van der Waals surface area contributed by atoms with E-state index in [4.69, 9.17) is 10.5 Å².